The van der Waals surface area contributed by atoms with Crippen LogP contribution in [0.5, 0.6) is 0 Å². The van der Waals surface area contributed by atoms with Crippen LogP contribution in [-0.2, 0) is 9.59 Å². The van der Waals surface area contributed by atoms with Gasteiger partial charge < -0.3 is 16.0 Å². The summed E-state index contributed by atoms with van der Waals surface area (Å²) in [4.78, 5) is 23.9. The van der Waals surface area contributed by atoms with E-state index in [4.69, 9.17) is 5.73 Å². The Morgan fingerprint density at radius 3 is 2.25 bits per heavy atom. The minimum Gasteiger partial charge on any atom is -0.368 e. The van der Waals surface area contributed by atoms with Gasteiger partial charge in [-0.1, -0.05) is 0 Å². The highest BCUT2D eigenvalue weighted by molar-refractivity contribution is 5.83. The second-order valence-electron chi connectivity index (χ2n) is 4.80. The summed E-state index contributed by atoms with van der Waals surface area (Å²) < 4.78 is 0. The highest BCUT2D eigenvalue weighted by Crippen LogP contribution is 1.99. The Hall–Kier alpha value is -1.10. The predicted molar refractivity (Wildman–Crippen MR) is 63.8 cm³/mol. The number of rotatable bonds is 6. The minimum absolute atomic E-state index is 0.00100. The number of nitrogens with zero attached hydrogens (tertiary/aromatic N) is 1. The van der Waals surface area contributed by atoms with Crippen molar-refractivity contribution < 1.29 is 9.59 Å². The molecule has 0 aliphatic rings. The summed E-state index contributed by atoms with van der Waals surface area (Å²) in [5.74, 6) is -0.517. The van der Waals surface area contributed by atoms with Gasteiger partial charge in [0.05, 0.1) is 6.54 Å². The highest BCUT2D eigenvalue weighted by atomic mass is 16.2. The maximum Gasteiger partial charge on any atom is 0.237 e. The van der Waals surface area contributed by atoms with Crippen LogP contribution in [0.2, 0.25) is 0 Å². The Balaban J connectivity index is 3.98. The van der Waals surface area contributed by atoms with E-state index >= 15 is 0 Å². The molecule has 0 radical (unpaired) electrons. The molecule has 0 aliphatic carbocycles. The first-order valence-electron chi connectivity index (χ1n) is 5.57. The fraction of sp³-hybridized carbons (Fsp3) is 0.818. The first-order valence-corrected chi connectivity index (χ1v) is 5.57. The molecule has 0 aliphatic heterocycles. The third kappa shape index (κ3) is 7.23. The normalized spacial score (nSPS) is 11.2. The van der Waals surface area contributed by atoms with Gasteiger partial charge in [-0.05, 0) is 27.7 Å². The van der Waals surface area contributed by atoms with Crippen LogP contribution < -0.4 is 11.1 Å². The maximum absolute atomic E-state index is 11.7. The number of carbonyl (C=O) groups excluding carboxylic acids is 2. The van der Waals surface area contributed by atoms with Crippen LogP contribution in [0.15, 0.2) is 0 Å². The Morgan fingerprint density at radius 2 is 1.88 bits per heavy atom. The van der Waals surface area contributed by atoms with E-state index in [1.54, 1.807) is 0 Å². The van der Waals surface area contributed by atoms with Crippen LogP contribution in [0, 0.1) is 0 Å². The van der Waals surface area contributed by atoms with Gasteiger partial charge in [0.1, 0.15) is 0 Å². The number of likely N-dealkylation sites (N-methyl/N-ethyl adjacent to an activating group) is 1. The fourth-order valence-electron chi connectivity index (χ4n) is 1.27. The molecule has 0 rings (SSSR count). The summed E-state index contributed by atoms with van der Waals surface area (Å²) in [6.45, 7) is 9.08. The summed E-state index contributed by atoms with van der Waals surface area (Å²) in [6.07, 6.45) is 0.387. The summed E-state index contributed by atoms with van der Waals surface area (Å²) in [7, 11) is 0. The summed E-state index contributed by atoms with van der Waals surface area (Å²) in [6, 6.07) is 0. The molecule has 2 amide bonds. The van der Waals surface area contributed by atoms with Gasteiger partial charge in [-0.3, -0.25) is 9.59 Å². The lowest BCUT2D eigenvalue weighted by molar-refractivity contribution is -0.134. The molecule has 0 saturated heterocycles. The highest BCUT2D eigenvalue weighted by Gasteiger charge is 2.15. The monoisotopic (exact) mass is 229 g/mol. The third-order valence-corrected chi connectivity index (χ3v) is 2.08. The van der Waals surface area contributed by atoms with Gasteiger partial charge in [0.15, 0.2) is 0 Å². The zero-order valence-corrected chi connectivity index (χ0v) is 10.7. The summed E-state index contributed by atoms with van der Waals surface area (Å²) >= 11 is 0. The third-order valence-electron chi connectivity index (χ3n) is 2.08. The molecule has 0 fully saturated rings. The molecule has 5 nitrogen and oxygen atoms in total. The molecular formula is C11H23N3O2. The molecule has 94 valence electrons. The van der Waals surface area contributed by atoms with E-state index in [1.807, 2.05) is 27.7 Å². The van der Waals surface area contributed by atoms with Crippen molar-refractivity contribution in [3.8, 4) is 0 Å². The SMILES string of the molecule is CCN(CC(N)=O)C(=O)CCNC(C)(C)C. The molecule has 3 N–H and O–H groups in total. The lowest BCUT2D eigenvalue weighted by Crippen LogP contribution is -2.42. The van der Waals surface area contributed by atoms with E-state index in [-0.39, 0.29) is 18.0 Å². The van der Waals surface area contributed by atoms with Crippen molar-refractivity contribution in [1.82, 2.24) is 10.2 Å². The first kappa shape index (κ1) is 14.9. The number of nitrogens with one attached hydrogen (secondary N) is 1. The van der Waals surface area contributed by atoms with Crippen LogP contribution in [0.1, 0.15) is 34.1 Å². The Morgan fingerprint density at radius 1 is 1.31 bits per heavy atom. The van der Waals surface area contributed by atoms with Crippen LogP contribution >= 0.6 is 0 Å². The molecule has 0 atom stereocenters. The molecule has 16 heavy (non-hydrogen) atoms. The predicted octanol–water partition coefficient (Wildman–Crippen LogP) is 0.0984. The molecule has 0 aromatic carbocycles. The minimum atomic E-state index is -0.473. The van der Waals surface area contributed by atoms with Crippen molar-refractivity contribution in [3.63, 3.8) is 0 Å². The standard InChI is InChI=1S/C11H23N3O2/c1-5-14(8-9(12)15)10(16)6-7-13-11(2,3)4/h13H,5-8H2,1-4H3,(H2,12,15). The van der Waals surface area contributed by atoms with Gasteiger partial charge in [0, 0.05) is 25.0 Å². The quantitative estimate of drug-likeness (QED) is 0.678. The zero-order chi connectivity index (χ0) is 12.8. The van der Waals surface area contributed by atoms with Gasteiger partial charge in [-0.15, -0.1) is 0 Å². The molecule has 0 heterocycles. The molecule has 0 saturated carbocycles. The Labute approximate surface area is 97.4 Å². The molecule has 0 aromatic rings. The van der Waals surface area contributed by atoms with Gasteiger partial charge in [0.2, 0.25) is 11.8 Å². The van der Waals surface area contributed by atoms with E-state index in [1.165, 1.54) is 4.90 Å². The number of hydrogen-bond acceptors (Lipinski definition) is 3. The summed E-state index contributed by atoms with van der Waals surface area (Å²) in [5, 5.41) is 3.22. The lowest BCUT2D eigenvalue weighted by Gasteiger charge is -2.23. The average molecular weight is 229 g/mol. The number of nitrogens with two attached hydrogens (primary N) is 1. The van der Waals surface area contributed by atoms with Crippen molar-refractivity contribution >= 4 is 11.8 Å². The largest absolute Gasteiger partial charge is 0.368 e. The van der Waals surface area contributed by atoms with Crippen molar-refractivity contribution in [2.75, 3.05) is 19.6 Å². The number of amides is 2. The number of primary amides is 1. The molecule has 0 aromatic heterocycles. The van der Waals surface area contributed by atoms with E-state index < -0.39 is 5.91 Å². The van der Waals surface area contributed by atoms with Gasteiger partial charge >= 0.3 is 0 Å². The lowest BCUT2D eigenvalue weighted by atomic mass is 10.1. The van der Waals surface area contributed by atoms with Crippen molar-refractivity contribution in [1.29, 1.82) is 0 Å². The molecule has 0 bridgehead atoms. The van der Waals surface area contributed by atoms with Crippen molar-refractivity contribution in [2.24, 2.45) is 5.73 Å². The van der Waals surface area contributed by atoms with E-state index in [9.17, 15) is 9.59 Å². The van der Waals surface area contributed by atoms with E-state index in [0.29, 0.717) is 19.5 Å². The van der Waals surface area contributed by atoms with Crippen molar-refractivity contribution in [3.05, 3.63) is 0 Å². The maximum atomic E-state index is 11.7. The smallest absolute Gasteiger partial charge is 0.237 e. The number of hydrogen-bond donors (Lipinski definition) is 2. The molecule has 0 unspecified atom stereocenters. The first-order chi connectivity index (χ1) is 7.26. The zero-order valence-electron chi connectivity index (χ0n) is 10.7. The molecule has 0 spiro atoms. The second-order valence-corrected chi connectivity index (χ2v) is 4.80. The Bertz CT molecular complexity index is 246. The van der Waals surface area contributed by atoms with Crippen LogP contribution in [-0.4, -0.2) is 41.9 Å². The topological polar surface area (TPSA) is 75.4 Å². The van der Waals surface area contributed by atoms with Gasteiger partial charge in [-0.2, -0.15) is 0 Å². The van der Waals surface area contributed by atoms with E-state index in [2.05, 4.69) is 5.32 Å². The van der Waals surface area contributed by atoms with E-state index in [0.717, 1.165) is 0 Å². The second kappa shape index (κ2) is 6.48. The fourth-order valence-corrected chi connectivity index (χ4v) is 1.27. The number of carbonyl (C=O) groups is 2. The Kier molecular flexibility index (Phi) is 6.03. The molecular weight excluding hydrogens is 206 g/mol. The van der Waals surface area contributed by atoms with Crippen LogP contribution in [0.4, 0.5) is 0 Å². The van der Waals surface area contributed by atoms with Gasteiger partial charge in [0.25, 0.3) is 0 Å². The van der Waals surface area contributed by atoms with Crippen LogP contribution in [0.25, 0.3) is 0 Å². The summed E-state index contributed by atoms with van der Waals surface area (Å²) in [5.41, 5.74) is 5.06. The van der Waals surface area contributed by atoms with Crippen molar-refractivity contribution in [2.45, 2.75) is 39.7 Å². The van der Waals surface area contributed by atoms with Gasteiger partial charge in [-0.25, -0.2) is 0 Å². The average Bonchev–Trinajstić information content (AvgIpc) is 2.11. The molecule has 5 heteroatoms. The van der Waals surface area contributed by atoms with Crippen LogP contribution in [0.3, 0.4) is 0 Å².